The van der Waals surface area contributed by atoms with Gasteiger partial charge in [0.25, 0.3) is 0 Å². The van der Waals surface area contributed by atoms with E-state index in [0.29, 0.717) is 24.8 Å². The summed E-state index contributed by atoms with van der Waals surface area (Å²) in [7, 11) is 0. The molecule has 0 heterocycles. The van der Waals surface area contributed by atoms with Gasteiger partial charge in [0.15, 0.2) is 0 Å². The number of nitrogens with one attached hydrogen (secondary N) is 1. The van der Waals surface area contributed by atoms with E-state index in [1.165, 1.54) is 11.1 Å². The van der Waals surface area contributed by atoms with Crippen molar-refractivity contribution in [2.45, 2.75) is 38.3 Å². The van der Waals surface area contributed by atoms with E-state index in [-0.39, 0.29) is 5.97 Å². The van der Waals surface area contributed by atoms with E-state index in [0.717, 1.165) is 24.8 Å². The second kappa shape index (κ2) is 8.28. The zero-order chi connectivity index (χ0) is 17.6. The first-order valence-corrected chi connectivity index (χ1v) is 8.92. The summed E-state index contributed by atoms with van der Waals surface area (Å²) in [5.41, 5.74) is 4.04. The van der Waals surface area contributed by atoms with Crippen molar-refractivity contribution in [3.63, 3.8) is 0 Å². The van der Waals surface area contributed by atoms with Crippen LogP contribution in [-0.4, -0.2) is 30.3 Å². The molecule has 0 spiro atoms. The molecular weight excluding hydrogens is 314 g/mol. The number of rotatable bonds is 6. The van der Waals surface area contributed by atoms with E-state index in [9.17, 15) is 9.90 Å². The topological polar surface area (TPSA) is 58.6 Å². The van der Waals surface area contributed by atoms with E-state index in [2.05, 4.69) is 5.32 Å². The molecule has 1 aliphatic rings. The number of carbonyl (C=O) groups is 1. The first-order valence-electron chi connectivity index (χ1n) is 8.92. The maximum absolute atomic E-state index is 11.9. The minimum Gasteiger partial charge on any atom is -0.462 e. The van der Waals surface area contributed by atoms with Crippen LogP contribution in [-0.2, 0) is 17.6 Å². The van der Waals surface area contributed by atoms with Crippen molar-refractivity contribution in [3.05, 3.63) is 70.8 Å². The maximum atomic E-state index is 11.9. The molecule has 25 heavy (non-hydrogen) atoms. The summed E-state index contributed by atoms with van der Waals surface area (Å²) >= 11 is 0. The van der Waals surface area contributed by atoms with Crippen LogP contribution in [0.1, 0.15) is 46.5 Å². The molecule has 0 saturated carbocycles. The van der Waals surface area contributed by atoms with Crippen molar-refractivity contribution in [2.24, 2.45) is 0 Å². The minimum absolute atomic E-state index is 0.264. The van der Waals surface area contributed by atoms with Crippen LogP contribution in [0.4, 0.5) is 0 Å². The summed E-state index contributed by atoms with van der Waals surface area (Å²) in [6.07, 6.45) is 2.38. The molecule has 4 heteroatoms. The van der Waals surface area contributed by atoms with Crippen LogP contribution in [0, 0.1) is 0 Å². The number of ether oxygens (including phenoxy) is 1. The number of aryl methyl sites for hydroxylation is 1. The fourth-order valence-corrected chi connectivity index (χ4v) is 3.34. The van der Waals surface area contributed by atoms with Crippen LogP contribution < -0.4 is 5.32 Å². The van der Waals surface area contributed by atoms with Gasteiger partial charge in [0.2, 0.25) is 0 Å². The third-order valence-electron chi connectivity index (χ3n) is 4.73. The van der Waals surface area contributed by atoms with Crippen LogP contribution in [0.15, 0.2) is 48.5 Å². The number of hydrogen-bond acceptors (Lipinski definition) is 4. The van der Waals surface area contributed by atoms with Crippen molar-refractivity contribution in [1.82, 2.24) is 5.32 Å². The second-order valence-electron chi connectivity index (χ2n) is 6.48. The van der Waals surface area contributed by atoms with Gasteiger partial charge in [-0.2, -0.15) is 0 Å². The van der Waals surface area contributed by atoms with Crippen molar-refractivity contribution in [2.75, 3.05) is 13.2 Å². The Morgan fingerprint density at radius 3 is 2.80 bits per heavy atom. The number of esters is 1. The lowest BCUT2D eigenvalue weighted by Gasteiger charge is -2.27. The van der Waals surface area contributed by atoms with Gasteiger partial charge in [-0.1, -0.05) is 36.4 Å². The molecule has 2 unspecified atom stereocenters. The predicted octanol–water partition coefficient (Wildman–Crippen LogP) is 3.04. The molecule has 132 valence electrons. The zero-order valence-corrected chi connectivity index (χ0v) is 14.6. The summed E-state index contributed by atoms with van der Waals surface area (Å²) in [4.78, 5) is 11.9. The maximum Gasteiger partial charge on any atom is 0.338 e. The first kappa shape index (κ1) is 17.6. The fraction of sp³-hybridized carbons (Fsp3) is 0.381. The van der Waals surface area contributed by atoms with E-state index < -0.39 is 6.10 Å². The largest absolute Gasteiger partial charge is 0.462 e. The van der Waals surface area contributed by atoms with Gasteiger partial charge in [0.05, 0.1) is 18.3 Å². The molecule has 0 bridgehead atoms. The standard InChI is InChI=1S/C21H25NO3/c1-2-25-21(24)17-9-8-15-10-11-19(13-18(15)12-17)22-14-20(23)16-6-4-3-5-7-16/h3-9,12,19-20,22-23H,2,10-11,13-14H2,1H3. The van der Waals surface area contributed by atoms with E-state index in [4.69, 9.17) is 4.74 Å². The van der Waals surface area contributed by atoms with Gasteiger partial charge in [0, 0.05) is 12.6 Å². The molecule has 0 fully saturated rings. The number of aliphatic hydroxyl groups excluding tert-OH is 1. The van der Waals surface area contributed by atoms with Gasteiger partial charge < -0.3 is 15.2 Å². The van der Waals surface area contributed by atoms with Crippen molar-refractivity contribution >= 4 is 5.97 Å². The van der Waals surface area contributed by atoms with Crippen LogP contribution in [0.3, 0.4) is 0 Å². The van der Waals surface area contributed by atoms with Crippen LogP contribution in [0.2, 0.25) is 0 Å². The predicted molar refractivity (Wildman–Crippen MR) is 97.6 cm³/mol. The average Bonchev–Trinajstić information content (AvgIpc) is 2.66. The quantitative estimate of drug-likeness (QED) is 0.794. The van der Waals surface area contributed by atoms with Gasteiger partial charge in [-0.3, -0.25) is 0 Å². The Labute approximate surface area is 148 Å². The van der Waals surface area contributed by atoms with E-state index >= 15 is 0 Å². The molecule has 0 aromatic heterocycles. The summed E-state index contributed by atoms with van der Waals surface area (Å²) in [6, 6.07) is 15.8. The van der Waals surface area contributed by atoms with Gasteiger partial charge in [-0.05, 0) is 55.0 Å². The summed E-state index contributed by atoms with van der Waals surface area (Å²) < 4.78 is 5.09. The van der Waals surface area contributed by atoms with Gasteiger partial charge in [0.1, 0.15) is 0 Å². The summed E-state index contributed by atoms with van der Waals surface area (Å²) in [6.45, 7) is 2.73. The number of benzene rings is 2. The Morgan fingerprint density at radius 2 is 2.04 bits per heavy atom. The van der Waals surface area contributed by atoms with Gasteiger partial charge >= 0.3 is 5.97 Å². The normalized spacial score (nSPS) is 17.6. The molecule has 2 aromatic carbocycles. The molecule has 2 aromatic rings. The van der Waals surface area contributed by atoms with Crippen LogP contribution in [0.5, 0.6) is 0 Å². The van der Waals surface area contributed by atoms with Crippen molar-refractivity contribution in [3.8, 4) is 0 Å². The third-order valence-corrected chi connectivity index (χ3v) is 4.73. The minimum atomic E-state index is -0.506. The molecular formula is C21H25NO3. The SMILES string of the molecule is CCOC(=O)c1ccc2c(c1)CC(NCC(O)c1ccccc1)CC2. The van der Waals surface area contributed by atoms with Gasteiger partial charge in [-0.15, -0.1) is 0 Å². The molecule has 0 amide bonds. The molecule has 0 radical (unpaired) electrons. The fourth-order valence-electron chi connectivity index (χ4n) is 3.34. The number of fused-ring (bicyclic) bond motifs is 1. The molecule has 0 aliphatic heterocycles. The number of aliphatic hydroxyl groups is 1. The molecule has 2 atom stereocenters. The Morgan fingerprint density at radius 1 is 1.24 bits per heavy atom. The monoisotopic (exact) mass is 339 g/mol. The lowest BCUT2D eigenvalue weighted by molar-refractivity contribution is 0.0526. The number of hydrogen-bond donors (Lipinski definition) is 2. The van der Waals surface area contributed by atoms with Crippen molar-refractivity contribution < 1.29 is 14.6 Å². The first-order chi connectivity index (χ1) is 12.2. The lowest BCUT2D eigenvalue weighted by atomic mass is 9.87. The Bertz CT molecular complexity index is 714. The lowest BCUT2D eigenvalue weighted by Crippen LogP contribution is -2.37. The van der Waals surface area contributed by atoms with E-state index in [1.807, 2.05) is 55.5 Å². The zero-order valence-electron chi connectivity index (χ0n) is 14.6. The smallest absolute Gasteiger partial charge is 0.338 e. The highest BCUT2D eigenvalue weighted by molar-refractivity contribution is 5.89. The highest BCUT2D eigenvalue weighted by atomic mass is 16.5. The van der Waals surface area contributed by atoms with E-state index in [1.54, 1.807) is 0 Å². The van der Waals surface area contributed by atoms with Crippen LogP contribution in [0.25, 0.3) is 0 Å². The van der Waals surface area contributed by atoms with Crippen LogP contribution >= 0.6 is 0 Å². The molecule has 4 nitrogen and oxygen atoms in total. The highest BCUT2D eigenvalue weighted by Crippen LogP contribution is 2.23. The van der Waals surface area contributed by atoms with Gasteiger partial charge in [-0.25, -0.2) is 4.79 Å². The third kappa shape index (κ3) is 4.47. The summed E-state index contributed by atoms with van der Waals surface area (Å²) in [5, 5.41) is 13.8. The molecule has 0 saturated heterocycles. The molecule has 2 N–H and O–H groups in total. The number of carbonyl (C=O) groups excluding carboxylic acids is 1. The van der Waals surface area contributed by atoms with Crippen molar-refractivity contribution in [1.29, 1.82) is 0 Å². The molecule has 3 rings (SSSR count). The highest BCUT2D eigenvalue weighted by Gasteiger charge is 2.21. The second-order valence-corrected chi connectivity index (χ2v) is 6.48. The Kier molecular flexibility index (Phi) is 5.84. The summed E-state index contributed by atoms with van der Waals surface area (Å²) in [5.74, 6) is -0.264. The molecule has 1 aliphatic carbocycles. The Hall–Kier alpha value is -2.17. The average molecular weight is 339 g/mol. The Balaban J connectivity index is 1.60.